The summed E-state index contributed by atoms with van der Waals surface area (Å²) in [5, 5.41) is 11.8. The van der Waals surface area contributed by atoms with E-state index >= 15 is 0 Å². The predicted octanol–water partition coefficient (Wildman–Crippen LogP) is 1.58. The number of fused-ring (bicyclic) bond motifs is 1. The number of benzene rings is 1. The fourth-order valence-corrected chi connectivity index (χ4v) is 2.22. The van der Waals surface area contributed by atoms with Crippen LogP contribution >= 0.6 is 0 Å². The lowest BCUT2D eigenvalue weighted by molar-refractivity contribution is -0.121. The van der Waals surface area contributed by atoms with Crippen LogP contribution in [-0.2, 0) is 18.4 Å². The normalized spacial score (nSPS) is 11.2. The number of carbonyl (C=O) groups excluding carboxylic acids is 1. The van der Waals surface area contributed by atoms with E-state index in [0.29, 0.717) is 19.5 Å². The van der Waals surface area contributed by atoms with Crippen LogP contribution < -0.4 is 10.6 Å². The minimum absolute atomic E-state index is 0.0818. The van der Waals surface area contributed by atoms with Crippen LogP contribution in [0.1, 0.15) is 26.0 Å². The first-order chi connectivity index (χ1) is 9.58. The van der Waals surface area contributed by atoms with Gasteiger partial charge in [0, 0.05) is 38.0 Å². The van der Waals surface area contributed by atoms with E-state index < -0.39 is 0 Å². The number of rotatable bonds is 6. The van der Waals surface area contributed by atoms with E-state index in [1.165, 1.54) is 0 Å². The zero-order chi connectivity index (χ0) is 14.5. The summed E-state index contributed by atoms with van der Waals surface area (Å²) in [6.07, 6.45) is 0.489. The van der Waals surface area contributed by atoms with Gasteiger partial charge in [-0.2, -0.15) is 5.10 Å². The van der Waals surface area contributed by atoms with Gasteiger partial charge in [-0.3, -0.25) is 9.48 Å². The van der Waals surface area contributed by atoms with E-state index in [-0.39, 0.29) is 11.9 Å². The quantitative estimate of drug-likeness (QED) is 0.786. The summed E-state index contributed by atoms with van der Waals surface area (Å²) >= 11 is 0. The number of nitrogens with one attached hydrogen (secondary N) is 2. The molecule has 0 radical (unpaired) electrons. The van der Waals surface area contributed by atoms with E-state index in [1.807, 2.05) is 37.7 Å². The maximum absolute atomic E-state index is 11.5. The Bertz CT molecular complexity index is 589. The van der Waals surface area contributed by atoms with Gasteiger partial charge in [0.2, 0.25) is 5.91 Å². The van der Waals surface area contributed by atoms with Crippen LogP contribution in [0, 0.1) is 0 Å². The number of aromatic nitrogens is 2. The number of hydrogen-bond donors (Lipinski definition) is 2. The molecule has 0 unspecified atom stereocenters. The van der Waals surface area contributed by atoms with Crippen molar-refractivity contribution in [2.45, 2.75) is 32.9 Å². The van der Waals surface area contributed by atoms with Gasteiger partial charge in [-0.25, -0.2) is 0 Å². The minimum atomic E-state index is 0.0818. The molecule has 1 aromatic heterocycles. The second-order valence-corrected chi connectivity index (χ2v) is 5.24. The van der Waals surface area contributed by atoms with Gasteiger partial charge in [0.25, 0.3) is 0 Å². The van der Waals surface area contributed by atoms with Gasteiger partial charge < -0.3 is 10.6 Å². The van der Waals surface area contributed by atoms with Crippen molar-refractivity contribution in [2.24, 2.45) is 7.05 Å². The van der Waals surface area contributed by atoms with Crippen molar-refractivity contribution in [3.05, 3.63) is 30.0 Å². The molecule has 0 atom stereocenters. The van der Waals surface area contributed by atoms with Crippen LogP contribution in [0.25, 0.3) is 10.9 Å². The van der Waals surface area contributed by atoms with E-state index in [1.54, 1.807) is 0 Å². The molecule has 0 saturated heterocycles. The Labute approximate surface area is 119 Å². The average Bonchev–Trinajstić information content (AvgIpc) is 2.72. The van der Waals surface area contributed by atoms with Crippen LogP contribution in [-0.4, -0.2) is 28.3 Å². The SMILES string of the molecule is CC(C)NC(=O)CCNCc1nn(C)c2ccccc12. The Balaban J connectivity index is 1.86. The minimum Gasteiger partial charge on any atom is -0.354 e. The first-order valence-corrected chi connectivity index (χ1v) is 6.98. The summed E-state index contributed by atoms with van der Waals surface area (Å²) in [4.78, 5) is 11.5. The highest BCUT2D eigenvalue weighted by molar-refractivity contribution is 5.81. The summed E-state index contributed by atoms with van der Waals surface area (Å²) < 4.78 is 1.89. The molecule has 0 aliphatic rings. The average molecular weight is 274 g/mol. The van der Waals surface area contributed by atoms with Crippen LogP contribution in [0.2, 0.25) is 0 Å². The van der Waals surface area contributed by atoms with Crippen LogP contribution in [0.3, 0.4) is 0 Å². The van der Waals surface area contributed by atoms with Gasteiger partial charge in [0.05, 0.1) is 11.2 Å². The van der Waals surface area contributed by atoms with Gasteiger partial charge in [0.1, 0.15) is 0 Å². The molecule has 1 heterocycles. The predicted molar refractivity (Wildman–Crippen MR) is 80.3 cm³/mol. The summed E-state index contributed by atoms with van der Waals surface area (Å²) in [7, 11) is 1.95. The molecule has 1 aromatic carbocycles. The smallest absolute Gasteiger partial charge is 0.221 e. The van der Waals surface area contributed by atoms with Crippen LogP contribution in [0.15, 0.2) is 24.3 Å². The number of hydrogen-bond acceptors (Lipinski definition) is 3. The van der Waals surface area contributed by atoms with Crippen molar-refractivity contribution in [1.29, 1.82) is 0 Å². The molecular formula is C15H22N4O. The lowest BCUT2D eigenvalue weighted by atomic mass is 10.2. The Hall–Kier alpha value is -1.88. The summed E-state index contributed by atoms with van der Waals surface area (Å²) in [5.41, 5.74) is 2.15. The molecule has 0 spiro atoms. The number of aryl methyl sites for hydroxylation is 1. The lowest BCUT2D eigenvalue weighted by Gasteiger charge is -2.08. The molecule has 2 N–H and O–H groups in total. The molecule has 0 aliphatic carbocycles. The van der Waals surface area contributed by atoms with Crippen molar-refractivity contribution in [1.82, 2.24) is 20.4 Å². The second-order valence-electron chi connectivity index (χ2n) is 5.24. The highest BCUT2D eigenvalue weighted by Crippen LogP contribution is 2.16. The third kappa shape index (κ3) is 3.57. The molecule has 5 heteroatoms. The van der Waals surface area contributed by atoms with E-state index in [2.05, 4.69) is 27.9 Å². The molecule has 0 saturated carbocycles. The Morgan fingerprint density at radius 1 is 1.35 bits per heavy atom. The highest BCUT2D eigenvalue weighted by Gasteiger charge is 2.07. The number of nitrogens with zero attached hydrogens (tertiary/aromatic N) is 2. The first kappa shape index (κ1) is 14.5. The zero-order valence-electron chi connectivity index (χ0n) is 12.3. The largest absolute Gasteiger partial charge is 0.354 e. The Kier molecular flexibility index (Phi) is 4.74. The monoisotopic (exact) mass is 274 g/mol. The van der Waals surface area contributed by atoms with Crippen LogP contribution in [0.5, 0.6) is 0 Å². The maximum atomic E-state index is 11.5. The van der Waals surface area contributed by atoms with Crippen molar-refractivity contribution in [3.8, 4) is 0 Å². The molecule has 0 aliphatic heterocycles. The lowest BCUT2D eigenvalue weighted by Crippen LogP contribution is -2.32. The summed E-state index contributed by atoms with van der Waals surface area (Å²) in [5.74, 6) is 0.0818. The molecule has 2 aromatic rings. The molecule has 0 bridgehead atoms. The Morgan fingerprint density at radius 3 is 2.85 bits per heavy atom. The summed E-state index contributed by atoms with van der Waals surface area (Å²) in [6, 6.07) is 8.36. The number of amides is 1. The molecule has 1 amide bonds. The van der Waals surface area contributed by atoms with Gasteiger partial charge in [-0.05, 0) is 19.9 Å². The number of para-hydroxylation sites is 1. The molecule has 108 valence electrons. The second kappa shape index (κ2) is 6.52. The topological polar surface area (TPSA) is 59.0 Å². The fourth-order valence-electron chi connectivity index (χ4n) is 2.22. The van der Waals surface area contributed by atoms with Gasteiger partial charge in [-0.1, -0.05) is 18.2 Å². The van der Waals surface area contributed by atoms with E-state index in [0.717, 1.165) is 16.6 Å². The van der Waals surface area contributed by atoms with Crippen molar-refractivity contribution in [2.75, 3.05) is 6.54 Å². The zero-order valence-corrected chi connectivity index (χ0v) is 12.3. The van der Waals surface area contributed by atoms with Crippen LogP contribution in [0.4, 0.5) is 0 Å². The third-order valence-electron chi connectivity index (χ3n) is 3.11. The van der Waals surface area contributed by atoms with Crippen molar-refractivity contribution < 1.29 is 4.79 Å². The fraction of sp³-hybridized carbons (Fsp3) is 0.467. The molecule has 20 heavy (non-hydrogen) atoms. The highest BCUT2D eigenvalue weighted by atomic mass is 16.1. The number of carbonyl (C=O) groups is 1. The molecular weight excluding hydrogens is 252 g/mol. The first-order valence-electron chi connectivity index (χ1n) is 6.98. The van der Waals surface area contributed by atoms with E-state index in [9.17, 15) is 4.79 Å². The van der Waals surface area contributed by atoms with Gasteiger partial charge >= 0.3 is 0 Å². The van der Waals surface area contributed by atoms with Gasteiger partial charge in [0.15, 0.2) is 0 Å². The van der Waals surface area contributed by atoms with Gasteiger partial charge in [-0.15, -0.1) is 0 Å². The third-order valence-corrected chi connectivity index (χ3v) is 3.11. The maximum Gasteiger partial charge on any atom is 0.221 e. The molecule has 0 fully saturated rings. The Morgan fingerprint density at radius 2 is 2.10 bits per heavy atom. The standard InChI is InChI=1S/C15H22N4O/c1-11(2)17-15(20)8-9-16-10-13-12-6-4-5-7-14(12)19(3)18-13/h4-7,11,16H,8-10H2,1-3H3,(H,17,20). The van der Waals surface area contributed by atoms with E-state index in [4.69, 9.17) is 0 Å². The van der Waals surface area contributed by atoms with Crippen molar-refractivity contribution >= 4 is 16.8 Å². The molecule has 2 rings (SSSR count). The summed E-state index contributed by atoms with van der Waals surface area (Å²) in [6.45, 7) is 5.26. The molecule has 5 nitrogen and oxygen atoms in total. The van der Waals surface area contributed by atoms with Crippen molar-refractivity contribution in [3.63, 3.8) is 0 Å².